The zero-order chi connectivity index (χ0) is 24.3. The van der Waals surface area contributed by atoms with E-state index in [0.717, 1.165) is 0 Å². The number of aromatic nitrogens is 2. The number of carboxylic acid groups (broad SMARTS) is 1. The highest BCUT2D eigenvalue weighted by molar-refractivity contribution is 5.97. The maximum atomic E-state index is 13.1. The van der Waals surface area contributed by atoms with Crippen LogP contribution in [0.4, 0.5) is 5.69 Å². The van der Waals surface area contributed by atoms with Gasteiger partial charge < -0.3 is 19.8 Å². The van der Waals surface area contributed by atoms with E-state index in [4.69, 9.17) is 4.74 Å². The van der Waals surface area contributed by atoms with Crippen LogP contribution in [-0.4, -0.2) is 57.9 Å². The zero-order valence-corrected chi connectivity index (χ0v) is 18.9. The van der Waals surface area contributed by atoms with Gasteiger partial charge in [-0.25, -0.2) is 14.8 Å². The van der Waals surface area contributed by atoms with Gasteiger partial charge in [-0.15, -0.1) is 0 Å². The van der Waals surface area contributed by atoms with Crippen molar-refractivity contribution in [2.24, 2.45) is 0 Å². The third kappa shape index (κ3) is 4.23. The second-order valence-corrected chi connectivity index (χ2v) is 8.08. The molecule has 4 rings (SSSR count). The maximum absolute atomic E-state index is 13.1. The highest BCUT2D eigenvalue weighted by Gasteiger charge is 2.52. The lowest BCUT2D eigenvalue weighted by Gasteiger charge is -2.39. The number of aliphatic hydroxyl groups excluding tert-OH is 1. The summed E-state index contributed by atoms with van der Waals surface area (Å²) in [5, 5.41) is 23.2. The van der Waals surface area contributed by atoms with Gasteiger partial charge in [0.1, 0.15) is 5.54 Å². The van der Waals surface area contributed by atoms with E-state index >= 15 is 0 Å². The molecule has 2 aromatic carbocycles. The van der Waals surface area contributed by atoms with Crippen LogP contribution in [-0.2, 0) is 15.1 Å². The molecule has 2 heterocycles. The van der Waals surface area contributed by atoms with Crippen molar-refractivity contribution in [1.82, 2.24) is 15.3 Å². The number of anilines is 1. The zero-order valence-electron chi connectivity index (χ0n) is 18.9. The number of nitrogens with zero attached hydrogens (tertiary/aromatic N) is 3. The SMILES string of the molecule is Cc1cc(C)nc(OC(C(=O)O)C2(c3ccccc3)NCC(=O)N(CCO)c3ccccc32)n1. The van der Waals surface area contributed by atoms with Crippen molar-refractivity contribution in [2.75, 3.05) is 24.6 Å². The van der Waals surface area contributed by atoms with E-state index in [1.807, 2.05) is 6.07 Å². The summed E-state index contributed by atoms with van der Waals surface area (Å²) in [6, 6.07) is 17.7. The van der Waals surface area contributed by atoms with Crippen LogP contribution < -0.4 is 15.0 Å². The van der Waals surface area contributed by atoms with Crippen molar-refractivity contribution in [2.45, 2.75) is 25.5 Å². The Bertz CT molecular complexity index is 1180. The average Bonchev–Trinajstić information content (AvgIpc) is 2.93. The fraction of sp³-hybridized carbons (Fsp3) is 0.280. The predicted octanol–water partition coefficient (Wildman–Crippen LogP) is 1.80. The van der Waals surface area contributed by atoms with Gasteiger partial charge >= 0.3 is 12.0 Å². The van der Waals surface area contributed by atoms with Gasteiger partial charge in [0.25, 0.3) is 0 Å². The molecule has 1 aliphatic heterocycles. The molecule has 9 heteroatoms. The van der Waals surface area contributed by atoms with Crippen LogP contribution in [0.1, 0.15) is 22.5 Å². The molecule has 1 amide bonds. The first-order chi connectivity index (χ1) is 16.4. The molecule has 0 radical (unpaired) electrons. The van der Waals surface area contributed by atoms with Crippen molar-refractivity contribution in [3.05, 3.63) is 83.2 Å². The molecule has 9 nitrogen and oxygen atoms in total. The van der Waals surface area contributed by atoms with Crippen LogP contribution >= 0.6 is 0 Å². The van der Waals surface area contributed by atoms with Crippen LogP contribution in [0, 0.1) is 13.8 Å². The van der Waals surface area contributed by atoms with Crippen LogP contribution in [0.5, 0.6) is 6.01 Å². The van der Waals surface area contributed by atoms with Crippen molar-refractivity contribution in [3.63, 3.8) is 0 Å². The number of aliphatic carboxylic acids is 1. The van der Waals surface area contributed by atoms with E-state index in [-0.39, 0.29) is 31.6 Å². The molecule has 176 valence electrons. The smallest absolute Gasteiger partial charge is 0.347 e. The number of para-hydroxylation sites is 1. The van der Waals surface area contributed by atoms with Gasteiger partial charge in [-0.05, 0) is 31.5 Å². The highest BCUT2D eigenvalue weighted by atomic mass is 16.5. The van der Waals surface area contributed by atoms with Gasteiger partial charge in [0, 0.05) is 29.2 Å². The molecular weight excluding hydrogens is 436 g/mol. The summed E-state index contributed by atoms with van der Waals surface area (Å²) >= 11 is 0. The number of rotatable bonds is 7. The molecule has 2 atom stereocenters. The van der Waals surface area contributed by atoms with E-state index < -0.39 is 17.6 Å². The summed E-state index contributed by atoms with van der Waals surface area (Å²) in [6.45, 7) is 3.20. The van der Waals surface area contributed by atoms with E-state index in [2.05, 4.69) is 15.3 Å². The Morgan fingerprint density at radius 2 is 1.76 bits per heavy atom. The molecule has 0 saturated carbocycles. The number of aliphatic hydroxyl groups is 1. The minimum Gasteiger partial charge on any atom is -0.478 e. The molecule has 34 heavy (non-hydrogen) atoms. The molecule has 1 aromatic heterocycles. The number of hydrogen-bond acceptors (Lipinski definition) is 7. The lowest BCUT2D eigenvalue weighted by Crippen LogP contribution is -2.58. The minimum absolute atomic E-state index is 0.0673. The Labute approximate surface area is 197 Å². The fourth-order valence-electron chi connectivity index (χ4n) is 4.45. The molecule has 0 spiro atoms. The quantitative estimate of drug-likeness (QED) is 0.486. The van der Waals surface area contributed by atoms with Crippen LogP contribution in [0.15, 0.2) is 60.7 Å². The number of ether oxygens (including phenoxy) is 1. The number of β-amino-alcohol motifs (C(OH)–C–C–N with tert-alkyl or cyclic N) is 1. The number of benzene rings is 2. The Balaban J connectivity index is 1.98. The Kier molecular flexibility index (Phi) is 6.58. The third-order valence-corrected chi connectivity index (χ3v) is 5.79. The van der Waals surface area contributed by atoms with Crippen LogP contribution in [0.2, 0.25) is 0 Å². The van der Waals surface area contributed by atoms with Crippen molar-refractivity contribution in [1.29, 1.82) is 0 Å². The van der Waals surface area contributed by atoms with Gasteiger partial charge in [-0.3, -0.25) is 10.1 Å². The summed E-state index contributed by atoms with van der Waals surface area (Å²) in [5.41, 5.74) is 1.42. The second-order valence-electron chi connectivity index (χ2n) is 8.08. The largest absolute Gasteiger partial charge is 0.478 e. The molecule has 3 aromatic rings. The van der Waals surface area contributed by atoms with E-state index in [1.165, 1.54) is 4.90 Å². The normalized spacial score (nSPS) is 18.7. The number of nitrogens with one attached hydrogen (secondary N) is 1. The first kappa shape index (κ1) is 23.3. The lowest BCUT2D eigenvalue weighted by molar-refractivity contribution is -0.149. The third-order valence-electron chi connectivity index (χ3n) is 5.79. The van der Waals surface area contributed by atoms with Gasteiger partial charge in [0.2, 0.25) is 12.0 Å². The number of fused-ring (bicyclic) bond motifs is 1. The predicted molar refractivity (Wildman–Crippen MR) is 125 cm³/mol. The van der Waals surface area contributed by atoms with Crippen molar-refractivity contribution >= 4 is 17.6 Å². The average molecular weight is 463 g/mol. The number of aryl methyl sites for hydroxylation is 2. The van der Waals surface area contributed by atoms with E-state index in [1.54, 1.807) is 68.4 Å². The summed E-state index contributed by atoms with van der Waals surface area (Å²) in [5.74, 6) is -1.55. The fourth-order valence-corrected chi connectivity index (χ4v) is 4.45. The molecule has 3 N–H and O–H groups in total. The van der Waals surface area contributed by atoms with Crippen molar-refractivity contribution in [3.8, 4) is 6.01 Å². The highest BCUT2D eigenvalue weighted by Crippen LogP contribution is 2.41. The van der Waals surface area contributed by atoms with E-state index in [0.29, 0.717) is 28.2 Å². The molecule has 0 saturated heterocycles. The minimum atomic E-state index is -1.53. The lowest BCUT2D eigenvalue weighted by atomic mass is 9.77. The molecule has 1 aliphatic rings. The summed E-state index contributed by atoms with van der Waals surface area (Å²) in [6.07, 6.45) is -1.53. The van der Waals surface area contributed by atoms with Crippen molar-refractivity contribution < 1.29 is 24.5 Å². The number of carboxylic acids is 1. The number of hydrogen-bond donors (Lipinski definition) is 3. The topological polar surface area (TPSA) is 125 Å². The van der Waals surface area contributed by atoms with Crippen LogP contribution in [0.25, 0.3) is 0 Å². The van der Waals surface area contributed by atoms with E-state index in [9.17, 15) is 19.8 Å². The first-order valence-corrected chi connectivity index (χ1v) is 10.9. The second kappa shape index (κ2) is 9.58. The monoisotopic (exact) mass is 462 g/mol. The Morgan fingerprint density at radius 3 is 2.41 bits per heavy atom. The van der Waals surface area contributed by atoms with Gasteiger partial charge in [-0.1, -0.05) is 48.5 Å². The molecule has 0 fully saturated rings. The standard InChI is InChI=1S/C25H26N4O5/c1-16-14-17(2)28-24(27-16)34-22(23(32)33)25(18-8-4-3-5-9-18)19-10-6-7-11-20(19)29(12-13-30)21(31)15-26-25/h3-11,14,22,26,30H,12-13,15H2,1-2H3,(H,32,33). The summed E-state index contributed by atoms with van der Waals surface area (Å²) < 4.78 is 6.01. The molecule has 2 unspecified atom stereocenters. The van der Waals surface area contributed by atoms with Gasteiger partial charge in [-0.2, -0.15) is 0 Å². The number of amides is 1. The summed E-state index contributed by atoms with van der Waals surface area (Å²) in [4.78, 5) is 35.9. The maximum Gasteiger partial charge on any atom is 0.347 e. The Morgan fingerprint density at radius 1 is 1.12 bits per heavy atom. The number of carbonyl (C=O) groups is 2. The summed E-state index contributed by atoms with van der Waals surface area (Å²) in [7, 11) is 0. The number of carbonyl (C=O) groups excluding carboxylic acids is 1. The molecule has 0 aliphatic carbocycles. The van der Waals surface area contributed by atoms with Gasteiger partial charge in [0.15, 0.2) is 0 Å². The molecular formula is C25H26N4O5. The Hall–Kier alpha value is -3.82. The van der Waals surface area contributed by atoms with Crippen LogP contribution in [0.3, 0.4) is 0 Å². The molecule has 0 bridgehead atoms. The van der Waals surface area contributed by atoms with Gasteiger partial charge in [0.05, 0.1) is 13.2 Å². The first-order valence-electron chi connectivity index (χ1n) is 10.9.